The predicted octanol–water partition coefficient (Wildman–Crippen LogP) is 10.6. The fourth-order valence-corrected chi connectivity index (χ4v) is 5.04. The first-order valence-electron chi connectivity index (χ1n) is 20.1. The molecule has 0 spiro atoms. The second kappa shape index (κ2) is 9.54. The summed E-state index contributed by atoms with van der Waals surface area (Å²) in [5.74, 6) is 0.196. The molecular formula is C37H35NO. The summed E-state index contributed by atoms with van der Waals surface area (Å²) in [6.45, 7) is -9.73. The summed E-state index contributed by atoms with van der Waals surface area (Å²) >= 11 is 0. The normalized spacial score (nSPS) is 19.0. The molecular weight excluding hydrogens is 474 g/mol. The molecule has 39 heavy (non-hydrogen) atoms. The highest BCUT2D eigenvalue weighted by Gasteiger charge is 2.17. The molecule has 0 saturated carbocycles. The molecule has 0 radical (unpaired) electrons. The molecule has 0 aliphatic rings. The Morgan fingerprint density at radius 3 is 2.13 bits per heavy atom. The van der Waals surface area contributed by atoms with Crippen LogP contribution in [0.2, 0.25) is 0 Å². The van der Waals surface area contributed by atoms with Gasteiger partial charge in [0.25, 0.3) is 0 Å². The quantitative estimate of drug-likeness (QED) is 0.229. The van der Waals surface area contributed by atoms with Gasteiger partial charge in [0.15, 0.2) is 0 Å². The molecule has 2 heterocycles. The lowest BCUT2D eigenvalue weighted by molar-refractivity contribution is 0.666. The van der Waals surface area contributed by atoms with Gasteiger partial charge in [-0.25, -0.2) is 0 Å². The van der Waals surface area contributed by atoms with Crippen molar-refractivity contribution in [1.82, 2.24) is 4.98 Å². The molecule has 0 bridgehead atoms. The van der Waals surface area contributed by atoms with Crippen LogP contribution in [-0.2, 0) is 0 Å². The van der Waals surface area contributed by atoms with Crippen LogP contribution in [-0.4, -0.2) is 4.98 Å². The number of pyridine rings is 1. The van der Waals surface area contributed by atoms with Crippen molar-refractivity contribution in [2.45, 2.75) is 54.0 Å². The highest BCUT2D eigenvalue weighted by molar-refractivity contribution is 6.10. The molecule has 2 aromatic heterocycles. The lowest BCUT2D eigenvalue weighted by atomic mass is 9.89. The van der Waals surface area contributed by atoms with E-state index in [2.05, 4.69) is 4.98 Å². The summed E-state index contributed by atoms with van der Waals surface area (Å²) in [5.41, 5.74) is 0.555. The minimum absolute atomic E-state index is 0.0613. The topological polar surface area (TPSA) is 26.0 Å². The van der Waals surface area contributed by atoms with Gasteiger partial charge in [-0.1, -0.05) is 68.4 Å². The molecule has 0 aliphatic carbocycles. The molecule has 0 amide bonds. The van der Waals surface area contributed by atoms with Crippen molar-refractivity contribution >= 4 is 21.9 Å². The van der Waals surface area contributed by atoms with E-state index in [9.17, 15) is 0 Å². The van der Waals surface area contributed by atoms with Crippen molar-refractivity contribution in [3.63, 3.8) is 0 Å². The first-order chi connectivity index (χ1) is 24.8. The van der Waals surface area contributed by atoms with E-state index in [-0.39, 0.29) is 78.2 Å². The largest absolute Gasteiger partial charge is 0.455 e. The van der Waals surface area contributed by atoms with Gasteiger partial charge in [0.2, 0.25) is 0 Å². The monoisotopic (exact) mass is 524 g/mol. The summed E-state index contributed by atoms with van der Waals surface area (Å²) in [5, 5.41) is 0.595. The Bertz CT molecular complexity index is 2390. The van der Waals surface area contributed by atoms with E-state index in [0.29, 0.717) is 10.9 Å². The maximum Gasteiger partial charge on any atom is 0.144 e. The number of aryl methyl sites for hydroxylation is 5. The number of rotatable bonds is 4. The Labute approximate surface area is 252 Å². The second-order valence-electron chi connectivity index (χ2n) is 10.0. The average molecular weight is 525 g/mol. The van der Waals surface area contributed by atoms with E-state index in [0.717, 1.165) is 17.8 Å². The summed E-state index contributed by atoms with van der Waals surface area (Å²) in [6.07, 6.45) is 1.08. The first kappa shape index (κ1) is 13.3. The lowest BCUT2D eigenvalue weighted by Crippen LogP contribution is -1.95. The Morgan fingerprint density at radius 2 is 1.38 bits per heavy atom. The van der Waals surface area contributed by atoms with Gasteiger partial charge in [0.05, 0.1) is 5.69 Å². The number of furan rings is 1. The van der Waals surface area contributed by atoms with E-state index < -0.39 is 34.3 Å². The second-order valence-corrected chi connectivity index (χ2v) is 10.0. The fourth-order valence-electron chi connectivity index (χ4n) is 5.04. The van der Waals surface area contributed by atoms with Gasteiger partial charge in [-0.2, -0.15) is 0 Å². The summed E-state index contributed by atoms with van der Waals surface area (Å²) in [7, 11) is 0. The minimum atomic E-state index is -2.82. The number of hydrogen-bond donors (Lipinski definition) is 0. The number of fused-ring (bicyclic) bond motifs is 3. The third kappa shape index (κ3) is 4.34. The molecule has 2 heteroatoms. The summed E-state index contributed by atoms with van der Waals surface area (Å²) < 4.78 is 130. The van der Waals surface area contributed by atoms with Crippen LogP contribution in [0.25, 0.3) is 55.4 Å². The molecule has 6 aromatic rings. The van der Waals surface area contributed by atoms with E-state index in [4.69, 9.17) is 25.0 Å². The van der Waals surface area contributed by atoms with Gasteiger partial charge >= 0.3 is 0 Å². The third-order valence-electron chi connectivity index (χ3n) is 7.11. The van der Waals surface area contributed by atoms with Crippen molar-refractivity contribution in [2.24, 2.45) is 0 Å². The van der Waals surface area contributed by atoms with Crippen LogP contribution < -0.4 is 0 Å². The van der Waals surface area contributed by atoms with Crippen LogP contribution in [0, 0.1) is 34.3 Å². The molecule has 0 N–H and O–H groups in total. The highest BCUT2D eigenvalue weighted by atomic mass is 16.3. The van der Waals surface area contributed by atoms with Crippen molar-refractivity contribution < 1.29 is 25.0 Å². The van der Waals surface area contributed by atoms with E-state index >= 15 is 0 Å². The number of benzene rings is 4. The third-order valence-corrected chi connectivity index (χ3v) is 7.11. The van der Waals surface area contributed by atoms with Crippen LogP contribution in [0.15, 0.2) is 83.4 Å². The lowest BCUT2D eigenvalue weighted by Gasteiger charge is -2.16. The summed E-state index contributed by atoms with van der Waals surface area (Å²) in [6, 6.07) is 18.3. The molecule has 0 aliphatic heterocycles. The molecule has 0 saturated heterocycles. The fraction of sp³-hybridized carbons (Fsp3) is 0.216. The van der Waals surface area contributed by atoms with Gasteiger partial charge in [0, 0.05) is 43.1 Å². The molecule has 194 valence electrons. The maximum atomic E-state index is 8.52. The van der Waals surface area contributed by atoms with Gasteiger partial charge < -0.3 is 4.42 Å². The molecule has 0 atom stereocenters. The minimum Gasteiger partial charge on any atom is -0.455 e. The Kier molecular flexibility index (Phi) is 3.24. The van der Waals surface area contributed by atoms with E-state index in [1.54, 1.807) is 30.3 Å². The number of hydrogen-bond acceptors (Lipinski definition) is 2. The highest BCUT2D eigenvalue weighted by Crippen LogP contribution is 2.39. The zero-order valence-electron chi connectivity index (χ0n) is 36.4. The zero-order valence-corrected chi connectivity index (χ0v) is 21.4. The van der Waals surface area contributed by atoms with Crippen molar-refractivity contribution in [2.75, 3.05) is 0 Å². The van der Waals surface area contributed by atoms with E-state index in [1.807, 2.05) is 26.0 Å². The average Bonchev–Trinajstić information content (AvgIpc) is 3.44. The van der Waals surface area contributed by atoms with Crippen molar-refractivity contribution in [3.8, 4) is 33.5 Å². The standard InChI is InChI=1S/C37H35NO/c1-21(2)27-11-13-28(14-12-27)31-17-24(5)32(18-23(31)4)33-19-35(38-20-26(33)7)30-10-8-9-29-34-16-22(3)15-25(6)36(34)39-37(29)30/h8-21H,1-7H3/i3D3,4D3,5D3,6D3,7D3. The Hall–Kier alpha value is -4.17. The molecule has 0 fully saturated rings. The summed E-state index contributed by atoms with van der Waals surface area (Å²) in [4.78, 5) is 4.43. The van der Waals surface area contributed by atoms with Crippen molar-refractivity contribution in [3.05, 3.63) is 112 Å². The predicted molar refractivity (Wildman–Crippen MR) is 166 cm³/mol. The smallest absolute Gasteiger partial charge is 0.144 e. The van der Waals surface area contributed by atoms with Crippen LogP contribution in [0.1, 0.15) is 73.7 Å². The number of nitrogens with zero attached hydrogens (tertiary/aromatic N) is 1. The van der Waals surface area contributed by atoms with Crippen LogP contribution >= 0.6 is 0 Å². The Balaban J connectivity index is 1.67. The number of aromatic nitrogens is 1. The van der Waals surface area contributed by atoms with Crippen molar-refractivity contribution in [1.29, 1.82) is 0 Å². The first-order valence-corrected chi connectivity index (χ1v) is 12.6. The van der Waals surface area contributed by atoms with Crippen LogP contribution in [0.4, 0.5) is 0 Å². The Morgan fingerprint density at radius 1 is 0.641 bits per heavy atom. The van der Waals surface area contributed by atoms with Gasteiger partial charge in [-0.3, -0.25) is 4.98 Å². The maximum absolute atomic E-state index is 8.52. The molecule has 0 unspecified atom stereocenters. The van der Waals surface area contributed by atoms with Gasteiger partial charge in [-0.15, -0.1) is 0 Å². The zero-order chi connectivity index (χ0) is 39.9. The molecule has 2 nitrogen and oxygen atoms in total. The SMILES string of the molecule is [2H]C([2H])([2H])c1cc(C([2H])([2H])[2H])c2oc3c(-c4cc(-c5cc(C([2H])([2H])[2H])c(-c6ccc(C(C)C)cc6)cc5C([2H])([2H])[2H])c(C([2H])([2H])[2H])cn4)cccc3c2c1. The number of para-hydroxylation sites is 1. The van der Waals surface area contributed by atoms with Gasteiger partial charge in [0.1, 0.15) is 11.2 Å². The molecule has 6 rings (SSSR count). The van der Waals surface area contributed by atoms with Crippen LogP contribution in [0.5, 0.6) is 0 Å². The van der Waals surface area contributed by atoms with Gasteiger partial charge in [-0.05, 0) is 114 Å². The van der Waals surface area contributed by atoms with Crippen LogP contribution in [0.3, 0.4) is 0 Å². The molecule has 4 aromatic carbocycles. The van der Waals surface area contributed by atoms with E-state index in [1.165, 1.54) is 24.3 Å².